The molecule has 0 aliphatic heterocycles. The Bertz CT molecular complexity index is 577. The molecule has 3 N–H and O–H groups in total. The monoisotopic (exact) mass is 274 g/mol. The lowest BCUT2D eigenvalue weighted by Gasteiger charge is -2.15. The number of benzene rings is 1. The van der Waals surface area contributed by atoms with Crippen molar-refractivity contribution in [1.29, 1.82) is 0 Å². The molecule has 19 heavy (non-hydrogen) atoms. The van der Waals surface area contributed by atoms with Crippen molar-refractivity contribution in [3.63, 3.8) is 0 Å². The van der Waals surface area contributed by atoms with Crippen LogP contribution in [0.4, 0.5) is 0 Å². The molecule has 0 bridgehead atoms. The van der Waals surface area contributed by atoms with Crippen LogP contribution in [0, 0.1) is 0 Å². The number of hydrogen-bond donors (Lipinski definition) is 2. The second-order valence-corrected chi connectivity index (χ2v) is 4.58. The van der Waals surface area contributed by atoms with Gasteiger partial charge in [0.15, 0.2) is 0 Å². The first kappa shape index (κ1) is 13.2. The molecule has 0 aliphatic rings. The van der Waals surface area contributed by atoms with Gasteiger partial charge in [0, 0.05) is 30.6 Å². The maximum Gasteiger partial charge on any atom is 0.254 e. The van der Waals surface area contributed by atoms with E-state index < -0.39 is 0 Å². The van der Waals surface area contributed by atoms with Gasteiger partial charge in [0.05, 0.1) is 6.54 Å². The third-order valence-electron chi connectivity index (χ3n) is 2.70. The van der Waals surface area contributed by atoms with E-state index in [9.17, 15) is 4.79 Å². The van der Waals surface area contributed by atoms with Gasteiger partial charge in [-0.1, -0.05) is 24.4 Å². The summed E-state index contributed by atoms with van der Waals surface area (Å²) in [5, 5.41) is 0. The van der Waals surface area contributed by atoms with Crippen LogP contribution >= 0.6 is 12.2 Å². The number of H-pyrrole nitrogens is 1. The molecule has 5 nitrogen and oxygen atoms in total. The minimum Gasteiger partial charge on any atom is -0.389 e. The van der Waals surface area contributed by atoms with Crippen molar-refractivity contribution in [2.45, 2.75) is 6.54 Å². The first-order chi connectivity index (χ1) is 9.08. The molecule has 1 amide bonds. The first-order valence-corrected chi connectivity index (χ1v) is 6.12. The lowest BCUT2D eigenvalue weighted by Crippen LogP contribution is -2.26. The van der Waals surface area contributed by atoms with E-state index >= 15 is 0 Å². The van der Waals surface area contributed by atoms with Gasteiger partial charge in [-0.05, 0) is 12.1 Å². The summed E-state index contributed by atoms with van der Waals surface area (Å²) in [6, 6.07) is 6.93. The van der Waals surface area contributed by atoms with E-state index in [2.05, 4.69) is 9.97 Å². The number of carbonyl (C=O) groups excluding carboxylic acids is 1. The zero-order valence-electron chi connectivity index (χ0n) is 10.5. The van der Waals surface area contributed by atoms with E-state index in [1.165, 1.54) is 0 Å². The normalized spacial score (nSPS) is 10.2. The molecule has 0 spiro atoms. The van der Waals surface area contributed by atoms with Gasteiger partial charge in [-0.15, -0.1) is 0 Å². The second-order valence-electron chi connectivity index (χ2n) is 4.14. The van der Waals surface area contributed by atoms with Crippen LogP contribution in [0.5, 0.6) is 0 Å². The average molecular weight is 274 g/mol. The number of nitrogens with two attached hydrogens (primary N) is 1. The van der Waals surface area contributed by atoms with Crippen LogP contribution in [0.1, 0.15) is 21.7 Å². The van der Waals surface area contributed by atoms with Crippen molar-refractivity contribution in [1.82, 2.24) is 14.9 Å². The molecular weight excluding hydrogens is 260 g/mol. The standard InChI is InChI=1S/C13H14N4OS/c1-17(8-11-15-6-7-16-11)13(18)10-4-2-9(3-5-10)12(14)19/h2-7H,8H2,1H3,(H2,14,19)(H,15,16). The third-order valence-corrected chi connectivity index (χ3v) is 2.94. The third kappa shape index (κ3) is 3.17. The Kier molecular flexibility index (Phi) is 3.91. The highest BCUT2D eigenvalue weighted by Gasteiger charge is 2.12. The molecule has 0 radical (unpaired) electrons. The average Bonchev–Trinajstić information content (AvgIpc) is 2.90. The van der Waals surface area contributed by atoms with Crippen LogP contribution in [-0.4, -0.2) is 32.8 Å². The molecule has 6 heteroatoms. The summed E-state index contributed by atoms with van der Waals surface area (Å²) in [7, 11) is 1.73. The number of thiocarbonyl (C=S) groups is 1. The van der Waals surface area contributed by atoms with Crippen molar-refractivity contribution in [3.8, 4) is 0 Å². The van der Waals surface area contributed by atoms with Crippen LogP contribution in [0.15, 0.2) is 36.7 Å². The molecule has 0 atom stereocenters. The maximum atomic E-state index is 12.2. The molecular formula is C13H14N4OS. The fourth-order valence-electron chi connectivity index (χ4n) is 1.68. The highest BCUT2D eigenvalue weighted by Crippen LogP contribution is 2.08. The molecule has 0 unspecified atom stereocenters. The summed E-state index contributed by atoms with van der Waals surface area (Å²) in [5.41, 5.74) is 6.86. The Morgan fingerprint density at radius 3 is 2.53 bits per heavy atom. The molecule has 0 fully saturated rings. The number of amides is 1. The van der Waals surface area contributed by atoms with Gasteiger partial charge in [0.1, 0.15) is 10.8 Å². The highest BCUT2D eigenvalue weighted by molar-refractivity contribution is 7.80. The molecule has 1 heterocycles. The van der Waals surface area contributed by atoms with Crippen LogP contribution in [0.25, 0.3) is 0 Å². The second kappa shape index (κ2) is 5.62. The number of carbonyl (C=O) groups is 1. The molecule has 1 aromatic carbocycles. The zero-order chi connectivity index (χ0) is 13.8. The summed E-state index contributed by atoms with van der Waals surface area (Å²) >= 11 is 4.87. The van der Waals surface area contributed by atoms with Crippen molar-refractivity contribution < 1.29 is 4.79 Å². The molecule has 1 aromatic heterocycles. The van der Waals surface area contributed by atoms with Crippen molar-refractivity contribution in [2.24, 2.45) is 5.73 Å². The van der Waals surface area contributed by atoms with E-state index in [1.54, 1.807) is 48.6 Å². The molecule has 2 rings (SSSR count). The van der Waals surface area contributed by atoms with Crippen LogP contribution in [0.2, 0.25) is 0 Å². The van der Waals surface area contributed by atoms with Gasteiger partial charge in [-0.3, -0.25) is 4.79 Å². The van der Waals surface area contributed by atoms with Crippen molar-refractivity contribution >= 4 is 23.1 Å². The highest BCUT2D eigenvalue weighted by atomic mass is 32.1. The summed E-state index contributed by atoms with van der Waals surface area (Å²) < 4.78 is 0. The van der Waals surface area contributed by atoms with Gasteiger partial charge in [0.2, 0.25) is 0 Å². The van der Waals surface area contributed by atoms with E-state index in [4.69, 9.17) is 18.0 Å². The van der Waals surface area contributed by atoms with E-state index in [0.717, 1.165) is 11.4 Å². The molecule has 0 saturated carbocycles. The fraction of sp³-hybridized carbons (Fsp3) is 0.154. The van der Waals surface area contributed by atoms with Gasteiger partial charge in [0.25, 0.3) is 5.91 Å². The van der Waals surface area contributed by atoms with Gasteiger partial charge in [-0.2, -0.15) is 0 Å². The topological polar surface area (TPSA) is 75.0 Å². The Morgan fingerprint density at radius 2 is 2.00 bits per heavy atom. The number of nitrogens with one attached hydrogen (secondary N) is 1. The number of rotatable bonds is 4. The maximum absolute atomic E-state index is 12.2. The van der Waals surface area contributed by atoms with Crippen LogP contribution < -0.4 is 5.73 Å². The lowest BCUT2D eigenvalue weighted by atomic mass is 10.1. The number of imidazole rings is 1. The smallest absolute Gasteiger partial charge is 0.254 e. The molecule has 98 valence electrons. The number of aromatic nitrogens is 2. The Balaban J connectivity index is 2.08. The number of nitrogens with zero attached hydrogens (tertiary/aromatic N) is 2. The van der Waals surface area contributed by atoms with Gasteiger partial charge in [-0.25, -0.2) is 4.98 Å². The minimum absolute atomic E-state index is 0.0779. The molecule has 0 aliphatic carbocycles. The molecule has 0 saturated heterocycles. The molecule has 2 aromatic rings. The van der Waals surface area contributed by atoms with E-state index in [0.29, 0.717) is 17.1 Å². The van der Waals surface area contributed by atoms with Crippen molar-refractivity contribution in [3.05, 3.63) is 53.6 Å². The summed E-state index contributed by atoms with van der Waals surface area (Å²) in [6.07, 6.45) is 3.38. The zero-order valence-corrected chi connectivity index (χ0v) is 11.3. The summed E-state index contributed by atoms with van der Waals surface area (Å²) in [4.78, 5) is 21.1. The number of hydrogen-bond acceptors (Lipinski definition) is 3. The van der Waals surface area contributed by atoms with E-state index in [1.807, 2.05) is 0 Å². The summed E-state index contributed by atoms with van der Waals surface area (Å²) in [6.45, 7) is 0.433. The quantitative estimate of drug-likeness (QED) is 0.824. The Hall–Kier alpha value is -2.21. The van der Waals surface area contributed by atoms with Gasteiger partial charge < -0.3 is 15.6 Å². The Morgan fingerprint density at radius 1 is 1.37 bits per heavy atom. The SMILES string of the molecule is CN(Cc1ncc[nH]1)C(=O)c1ccc(C(N)=S)cc1. The first-order valence-electron chi connectivity index (χ1n) is 5.71. The van der Waals surface area contributed by atoms with Crippen molar-refractivity contribution in [2.75, 3.05) is 7.05 Å². The van der Waals surface area contributed by atoms with E-state index in [-0.39, 0.29) is 5.91 Å². The fourth-order valence-corrected chi connectivity index (χ4v) is 1.81. The summed E-state index contributed by atoms with van der Waals surface area (Å²) in [5.74, 6) is 0.668. The van der Waals surface area contributed by atoms with Gasteiger partial charge >= 0.3 is 0 Å². The minimum atomic E-state index is -0.0779. The lowest BCUT2D eigenvalue weighted by molar-refractivity contribution is 0.0782. The number of aromatic amines is 1. The van der Waals surface area contributed by atoms with Crippen LogP contribution in [-0.2, 0) is 6.54 Å². The predicted octanol–water partition coefficient (Wildman–Crippen LogP) is 1.32. The largest absolute Gasteiger partial charge is 0.389 e. The van der Waals surface area contributed by atoms with Crippen LogP contribution in [0.3, 0.4) is 0 Å². The predicted molar refractivity (Wildman–Crippen MR) is 76.7 cm³/mol. The Labute approximate surface area is 116 Å².